The normalized spacial score (nSPS) is 21.5. The highest BCUT2D eigenvalue weighted by Gasteiger charge is 2.34. The average Bonchev–Trinajstić information content (AvgIpc) is 3.47. The van der Waals surface area contributed by atoms with Crippen molar-refractivity contribution >= 4 is 33.8 Å². The van der Waals surface area contributed by atoms with E-state index in [2.05, 4.69) is 45.5 Å². The van der Waals surface area contributed by atoms with Gasteiger partial charge in [0.2, 0.25) is 5.95 Å². The molecule has 2 atom stereocenters. The van der Waals surface area contributed by atoms with Crippen molar-refractivity contribution in [1.82, 2.24) is 24.5 Å². The lowest BCUT2D eigenvalue weighted by Crippen LogP contribution is -2.52. The summed E-state index contributed by atoms with van der Waals surface area (Å²) in [5.41, 5.74) is 0.862. The number of anilines is 3. The van der Waals surface area contributed by atoms with Crippen LogP contribution in [0.5, 0.6) is 0 Å². The minimum Gasteiger partial charge on any atom is -0.391 e. The molecule has 1 aliphatic rings. The van der Waals surface area contributed by atoms with Gasteiger partial charge in [-0.05, 0) is 37.8 Å². The van der Waals surface area contributed by atoms with Crippen molar-refractivity contribution in [3.05, 3.63) is 29.4 Å². The summed E-state index contributed by atoms with van der Waals surface area (Å²) in [6, 6.07) is 7.35. The molecule has 4 rings (SSSR count). The van der Waals surface area contributed by atoms with Gasteiger partial charge in [-0.2, -0.15) is 10.2 Å². The van der Waals surface area contributed by atoms with Crippen molar-refractivity contribution in [2.24, 2.45) is 0 Å². The SMILES string of the molecule is CCC1CC(Nc2nc(Nc3ncc(CO)s3)c3cccn3n2)CC(CC)N1CCC#N. The van der Waals surface area contributed by atoms with Gasteiger partial charge in [0.1, 0.15) is 5.52 Å². The molecule has 0 spiro atoms. The zero-order valence-corrected chi connectivity index (χ0v) is 19.3. The standard InChI is InChI=1S/C22H30N8OS/c1-3-16-11-15(12-17(4-2)29(16)9-6-8-23)25-21-26-20(19-7-5-10-30(19)28-21)27-22-24-13-18(14-31)32-22/h5,7,10,13,15-17,31H,3-4,6,9,11-12,14H2,1-2H3,(H2,24,25,26,27,28). The van der Waals surface area contributed by atoms with Crippen molar-refractivity contribution in [1.29, 1.82) is 5.26 Å². The number of likely N-dealkylation sites (tertiary alicyclic amines) is 1. The lowest BCUT2D eigenvalue weighted by molar-refractivity contribution is 0.0734. The molecule has 0 amide bonds. The summed E-state index contributed by atoms with van der Waals surface area (Å²) in [7, 11) is 0. The number of aromatic nitrogens is 4. The number of rotatable bonds is 9. The first-order valence-corrected chi connectivity index (χ1v) is 12.0. The summed E-state index contributed by atoms with van der Waals surface area (Å²) in [6.45, 7) is 5.25. The molecule has 1 fully saturated rings. The molecule has 3 aromatic heterocycles. The number of nitrogens with zero attached hydrogens (tertiary/aromatic N) is 6. The second kappa shape index (κ2) is 10.3. The van der Waals surface area contributed by atoms with E-state index in [9.17, 15) is 5.11 Å². The van der Waals surface area contributed by atoms with Crippen molar-refractivity contribution in [2.45, 2.75) is 70.7 Å². The average molecular weight is 455 g/mol. The molecule has 0 bridgehead atoms. The number of hydrogen-bond donors (Lipinski definition) is 3. The lowest BCUT2D eigenvalue weighted by Gasteiger charge is -2.45. The van der Waals surface area contributed by atoms with Crippen LogP contribution in [0.2, 0.25) is 0 Å². The first-order chi connectivity index (χ1) is 15.6. The van der Waals surface area contributed by atoms with Gasteiger partial charge in [0.05, 0.1) is 17.6 Å². The van der Waals surface area contributed by atoms with Crippen LogP contribution in [0.15, 0.2) is 24.5 Å². The highest BCUT2D eigenvalue weighted by molar-refractivity contribution is 7.15. The second-order valence-corrected chi connectivity index (χ2v) is 9.23. The van der Waals surface area contributed by atoms with Gasteiger partial charge in [-0.15, -0.1) is 5.10 Å². The van der Waals surface area contributed by atoms with Crippen LogP contribution in [0.4, 0.5) is 16.9 Å². The number of aliphatic hydroxyl groups is 1. The van der Waals surface area contributed by atoms with Gasteiger partial charge < -0.3 is 15.7 Å². The van der Waals surface area contributed by atoms with E-state index in [4.69, 9.17) is 10.2 Å². The predicted molar refractivity (Wildman–Crippen MR) is 126 cm³/mol. The zero-order chi connectivity index (χ0) is 22.5. The highest BCUT2D eigenvalue weighted by atomic mass is 32.1. The third kappa shape index (κ3) is 4.85. The molecule has 1 saturated heterocycles. The van der Waals surface area contributed by atoms with Crippen LogP contribution in [-0.2, 0) is 6.61 Å². The van der Waals surface area contributed by atoms with Crippen LogP contribution in [0, 0.1) is 11.3 Å². The molecule has 1 aliphatic heterocycles. The Hall–Kier alpha value is -2.74. The van der Waals surface area contributed by atoms with E-state index in [1.54, 1.807) is 6.20 Å². The van der Waals surface area contributed by atoms with E-state index in [0.717, 1.165) is 42.6 Å². The third-order valence-corrected chi connectivity index (χ3v) is 7.03. The summed E-state index contributed by atoms with van der Waals surface area (Å²) in [5.74, 6) is 1.26. The van der Waals surface area contributed by atoms with Crippen LogP contribution in [0.25, 0.3) is 5.52 Å². The van der Waals surface area contributed by atoms with Gasteiger partial charge >= 0.3 is 0 Å². The quantitative estimate of drug-likeness (QED) is 0.448. The zero-order valence-electron chi connectivity index (χ0n) is 18.5. The Labute approximate surface area is 192 Å². The topological polar surface area (TPSA) is 114 Å². The van der Waals surface area contributed by atoms with E-state index in [0.29, 0.717) is 35.4 Å². The highest BCUT2D eigenvalue weighted by Crippen LogP contribution is 2.30. The number of piperidine rings is 1. The lowest BCUT2D eigenvalue weighted by atomic mass is 9.88. The molecule has 2 unspecified atom stereocenters. The van der Waals surface area contributed by atoms with Crippen LogP contribution >= 0.6 is 11.3 Å². The Balaban J connectivity index is 1.54. The molecule has 4 heterocycles. The number of thiazole rings is 1. The van der Waals surface area contributed by atoms with Crippen molar-refractivity contribution in [3.63, 3.8) is 0 Å². The number of fused-ring (bicyclic) bond motifs is 1. The van der Waals surface area contributed by atoms with Crippen LogP contribution < -0.4 is 10.6 Å². The van der Waals surface area contributed by atoms with Crippen molar-refractivity contribution in [2.75, 3.05) is 17.2 Å². The number of nitriles is 1. The van der Waals surface area contributed by atoms with Gasteiger partial charge in [0.25, 0.3) is 0 Å². The Morgan fingerprint density at radius 1 is 1.28 bits per heavy atom. The number of hydrogen-bond acceptors (Lipinski definition) is 9. The number of nitrogens with one attached hydrogen (secondary N) is 2. The molecule has 9 nitrogen and oxygen atoms in total. The van der Waals surface area contributed by atoms with Gasteiger partial charge in [-0.25, -0.2) is 9.50 Å². The van der Waals surface area contributed by atoms with Crippen LogP contribution in [0.1, 0.15) is 50.8 Å². The molecule has 32 heavy (non-hydrogen) atoms. The summed E-state index contributed by atoms with van der Waals surface area (Å²) in [6.07, 6.45) is 8.26. The van der Waals surface area contributed by atoms with Crippen LogP contribution in [0.3, 0.4) is 0 Å². The van der Waals surface area contributed by atoms with Gasteiger partial charge in [-0.1, -0.05) is 25.2 Å². The Kier molecular flexibility index (Phi) is 7.19. The monoisotopic (exact) mass is 454 g/mol. The third-order valence-electron chi connectivity index (χ3n) is 6.13. The molecule has 0 aliphatic carbocycles. The molecular formula is C22H30N8OS. The maximum Gasteiger partial charge on any atom is 0.243 e. The maximum absolute atomic E-state index is 9.32. The first-order valence-electron chi connectivity index (χ1n) is 11.2. The fourth-order valence-corrected chi connectivity index (χ4v) is 5.27. The Morgan fingerprint density at radius 3 is 2.72 bits per heavy atom. The van der Waals surface area contributed by atoms with E-state index < -0.39 is 0 Å². The number of aliphatic hydroxyl groups excluding tert-OH is 1. The minimum absolute atomic E-state index is 0.0271. The van der Waals surface area contributed by atoms with Crippen LogP contribution in [-0.4, -0.2) is 54.3 Å². The summed E-state index contributed by atoms with van der Waals surface area (Å²) in [4.78, 5) is 12.4. The summed E-state index contributed by atoms with van der Waals surface area (Å²) in [5, 5.41) is 30.6. The molecule has 10 heteroatoms. The molecule has 3 aromatic rings. The smallest absolute Gasteiger partial charge is 0.243 e. The Bertz CT molecular complexity index is 1060. The fraction of sp³-hybridized carbons (Fsp3) is 0.545. The molecule has 170 valence electrons. The second-order valence-electron chi connectivity index (χ2n) is 8.12. The summed E-state index contributed by atoms with van der Waals surface area (Å²) >= 11 is 1.40. The molecule has 3 N–H and O–H groups in total. The van der Waals surface area contributed by atoms with E-state index in [1.165, 1.54) is 11.3 Å². The molecule has 0 radical (unpaired) electrons. The minimum atomic E-state index is -0.0271. The molecular weight excluding hydrogens is 424 g/mol. The maximum atomic E-state index is 9.32. The van der Waals surface area contributed by atoms with Gasteiger partial charge in [0.15, 0.2) is 10.9 Å². The molecule has 0 aromatic carbocycles. The van der Waals surface area contributed by atoms with E-state index in [1.807, 2.05) is 22.8 Å². The molecule has 0 saturated carbocycles. The fourth-order valence-electron chi connectivity index (χ4n) is 4.60. The van der Waals surface area contributed by atoms with Gasteiger partial charge in [-0.3, -0.25) is 4.90 Å². The van der Waals surface area contributed by atoms with E-state index >= 15 is 0 Å². The first kappa shape index (κ1) is 22.5. The predicted octanol–water partition coefficient (Wildman–Crippen LogP) is 3.77. The van der Waals surface area contributed by atoms with E-state index in [-0.39, 0.29) is 12.6 Å². The van der Waals surface area contributed by atoms with Gasteiger partial charge in [0, 0.05) is 43.5 Å². The van der Waals surface area contributed by atoms with Crippen molar-refractivity contribution in [3.8, 4) is 6.07 Å². The Morgan fingerprint density at radius 2 is 2.06 bits per heavy atom. The van der Waals surface area contributed by atoms with Crippen molar-refractivity contribution < 1.29 is 5.11 Å². The largest absolute Gasteiger partial charge is 0.391 e. The summed E-state index contributed by atoms with van der Waals surface area (Å²) < 4.78 is 1.81.